The molecule has 8 rings (SSSR count). The van der Waals surface area contributed by atoms with Crippen LogP contribution in [0.25, 0.3) is 0 Å². The summed E-state index contributed by atoms with van der Waals surface area (Å²) in [5, 5.41) is 0. The second-order valence-corrected chi connectivity index (χ2v) is 9.66. The monoisotopic (exact) mass is 356 g/mol. The van der Waals surface area contributed by atoms with E-state index in [1.807, 2.05) is 0 Å². The minimum atomic E-state index is 0.0609. The van der Waals surface area contributed by atoms with Gasteiger partial charge in [0, 0.05) is 16.2 Å². The number of rotatable bonds is 0. The summed E-state index contributed by atoms with van der Waals surface area (Å²) in [5.41, 5.74) is 12.5. The lowest BCUT2D eigenvalue weighted by molar-refractivity contribution is 0.180. The SMILES string of the molecule is C1=CC2=CC=CC3=CC4=CC5=CC=C6C=CC7=CC8=CC(=C1)C23CC48CC57C6. The van der Waals surface area contributed by atoms with Crippen molar-refractivity contribution in [2.45, 2.75) is 19.3 Å². The van der Waals surface area contributed by atoms with E-state index in [1.165, 1.54) is 63.8 Å². The Kier molecular flexibility index (Phi) is 2.08. The molecule has 0 aromatic carbocycles. The van der Waals surface area contributed by atoms with Gasteiger partial charge in [-0.15, -0.1) is 0 Å². The molecule has 0 saturated heterocycles. The van der Waals surface area contributed by atoms with Crippen LogP contribution in [0.15, 0.2) is 130 Å². The number of hydrogen-bond acceptors (Lipinski definition) is 0. The van der Waals surface area contributed by atoms with E-state index in [0.29, 0.717) is 0 Å². The van der Waals surface area contributed by atoms with Crippen LogP contribution in [-0.4, -0.2) is 0 Å². The zero-order chi connectivity index (χ0) is 18.1. The van der Waals surface area contributed by atoms with E-state index in [2.05, 4.69) is 85.1 Å². The quantitative estimate of drug-likeness (QED) is 0.477. The topological polar surface area (TPSA) is 0 Å². The smallest absolute Gasteiger partial charge is 0.0463 e. The molecule has 3 atom stereocenters. The van der Waals surface area contributed by atoms with Crippen LogP contribution < -0.4 is 0 Å². The highest BCUT2D eigenvalue weighted by Crippen LogP contribution is 2.73. The zero-order valence-electron chi connectivity index (χ0n) is 15.7. The summed E-state index contributed by atoms with van der Waals surface area (Å²) in [6.07, 6.45) is 37.1. The van der Waals surface area contributed by atoms with Crippen LogP contribution in [0.2, 0.25) is 0 Å². The van der Waals surface area contributed by atoms with Gasteiger partial charge in [0.15, 0.2) is 0 Å². The molecule has 28 heavy (non-hydrogen) atoms. The molecule has 3 spiro atoms. The lowest BCUT2D eigenvalue weighted by atomic mass is 9.40. The molecule has 8 aliphatic carbocycles. The Morgan fingerprint density at radius 3 is 2.18 bits per heavy atom. The molecular formula is C28H20. The van der Waals surface area contributed by atoms with Crippen LogP contribution in [0.3, 0.4) is 0 Å². The first-order valence-electron chi connectivity index (χ1n) is 10.5. The van der Waals surface area contributed by atoms with Crippen molar-refractivity contribution in [3.8, 4) is 0 Å². The minimum absolute atomic E-state index is 0.0609. The molecule has 0 N–H and O–H groups in total. The van der Waals surface area contributed by atoms with Crippen LogP contribution in [0.1, 0.15) is 19.3 Å². The average molecular weight is 356 g/mol. The van der Waals surface area contributed by atoms with E-state index in [0.717, 1.165) is 0 Å². The molecule has 0 aromatic heterocycles. The molecule has 0 fully saturated rings. The first-order chi connectivity index (χ1) is 13.7. The van der Waals surface area contributed by atoms with Gasteiger partial charge in [0.05, 0.1) is 0 Å². The second-order valence-electron chi connectivity index (χ2n) is 9.66. The normalized spacial score (nSPS) is 41.4. The molecule has 4 bridgehead atoms. The first-order valence-corrected chi connectivity index (χ1v) is 10.5. The van der Waals surface area contributed by atoms with Gasteiger partial charge < -0.3 is 0 Å². The van der Waals surface area contributed by atoms with Crippen molar-refractivity contribution in [1.82, 2.24) is 0 Å². The molecular weight excluding hydrogens is 336 g/mol. The third kappa shape index (κ3) is 1.28. The van der Waals surface area contributed by atoms with E-state index in [-0.39, 0.29) is 16.2 Å². The van der Waals surface area contributed by atoms with Crippen LogP contribution in [-0.2, 0) is 0 Å². The summed E-state index contributed by atoms with van der Waals surface area (Å²) >= 11 is 0. The van der Waals surface area contributed by atoms with Crippen molar-refractivity contribution in [2.75, 3.05) is 0 Å². The van der Waals surface area contributed by atoms with Gasteiger partial charge in [-0.05, 0) is 63.8 Å². The maximum atomic E-state index is 2.55. The molecule has 0 radical (unpaired) electrons. The van der Waals surface area contributed by atoms with E-state index < -0.39 is 0 Å². The van der Waals surface area contributed by atoms with Gasteiger partial charge in [0.1, 0.15) is 0 Å². The Morgan fingerprint density at radius 2 is 1.25 bits per heavy atom. The number of allylic oxidation sites excluding steroid dienone is 22. The highest BCUT2D eigenvalue weighted by molar-refractivity contribution is 5.74. The molecule has 0 nitrogen and oxygen atoms in total. The molecule has 0 aliphatic heterocycles. The molecule has 0 heteroatoms. The third-order valence-corrected chi connectivity index (χ3v) is 8.67. The maximum Gasteiger partial charge on any atom is 0.0463 e. The standard InChI is InChI=1S/C28H20/c1-3-19-4-2-6-23-14-25-12-21-10-8-18-7-9-20-11-24-13-22(5-1)28(19,23)17-27(24,25)16-26(20,21)15-18/h1-14H,15-17H2. The fourth-order valence-electron chi connectivity index (χ4n) is 7.44. The lowest BCUT2D eigenvalue weighted by Crippen LogP contribution is -2.52. The minimum Gasteiger partial charge on any atom is -0.0616 e. The van der Waals surface area contributed by atoms with Crippen molar-refractivity contribution < 1.29 is 0 Å². The van der Waals surface area contributed by atoms with Crippen molar-refractivity contribution in [3.63, 3.8) is 0 Å². The van der Waals surface area contributed by atoms with Gasteiger partial charge in [0.2, 0.25) is 0 Å². The third-order valence-electron chi connectivity index (χ3n) is 8.67. The Hall–Kier alpha value is -2.86. The fraction of sp³-hybridized carbons (Fsp3) is 0.214. The maximum absolute atomic E-state index is 2.55. The van der Waals surface area contributed by atoms with Gasteiger partial charge in [-0.1, -0.05) is 85.1 Å². The van der Waals surface area contributed by atoms with E-state index in [1.54, 1.807) is 0 Å². The highest BCUT2D eigenvalue weighted by atomic mass is 14.6. The average Bonchev–Trinajstić information content (AvgIpc) is 2.70. The second kappa shape index (κ2) is 4.10. The predicted molar refractivity (Wildman–Crippen MR) is 113 cm³/mol. The molecule has 0 saturated carbocycles. The molecule has 0 amide bonds. The zero-order valence-corrected chi connectivity index (χ0v) is 15.7. The number of fused-ring (bicyclic) bond motifs is 1. The van der Waals surface area contributed by atoms with Gasteiger partial charge in [0.25, 0.3) is 0 Å². The summed E-state index contributed by atoms with van der Waals surface area (Å²) in [5.74, 6) is 0. The largest absolute Gasteiger partial charge is 0.0616 e. The molecule has 0 heterocycles. The lowest BCUT2D eigenvalue weighted by Gasteiger charge is -2.62. The van der Waals surface area contributed by atoms with Crippen molar-refractivity contribution in [2.24, 2.45) is 16.2 Å². The van der Waals surface area contributed by atoms with E-state index in [4.69, 9.17) is 0 Å². The van der Waals surface area contributed by atoms with Gasteiger partial charge >= 0.3 is 0 Å². The molecule has 0 aromatic rings. The Balaban J connectivity index is 1.53. The molecule has 3 unspecified atom stereocenters. The van der Waals surface area contributed by atoms with Gasteiger partial charge in [-0.3, -0.25) is 0 Å². The summed E-state index contributed by atoms with van der Waals surface area (Å²) < 4.78 is 0. The first kappa shape index (κ1) is 14.2. The van der Waals surface area contributed by atoms with Gasteiger partial charge in [-0.2, -0.15) is 0 Å². The predicted octanol–water partition coefficient (Wildman–Crippen LogP) is 6.30. The van der Waals surface area contributed by atoms with Crippen molar-refractivity contribution >= 4 is 0 Å². The van der Waals surface area contributed by atoms with E-state index in [9.17, 15) is 0 Å². The summed E-state index contributed by atoms with van der Waals surface area (Å²) in [4.78, 5) is 0. The van der Waals surface area contributed by atoms with Crippen molar-refractivity contribution in [3.05, 3.63) is 130 Å². The van der Waals surface area contributed by atoms with E-state index >= 15 is 0 Å². The summed E-state index contributed by atoms with van der Waals surface area (Å²) in [7, 11) is 0. The van der Waals surface area contributed by atoms with Gasteiger partial charge in [-0.25, -0.2) is 0 Å². The van der Waals surface area contributed by atoms with Crippen LogP contribution in [0.5, 0.6) is 0 Å². The van der Waals surface area contributed by atoms with Crippen LogP contribution in [0.4, 0.5) is 0 Å². The highest BCUT2D eigenvalue weighted by Gasteiger charge is 2.62. The van der Waals surface area contributed by atoms with Crippen molar-refractivity contribution in [1.29, 1.82) is 0 Å². The molecule has 132 valence electrons. The fourth-order valence-corrected chi connectivity index (χ4v) is 7.44. The Labute approximate surface area is 165 Å². The molecule has 8 aliphatic rings. The number of hydrogen-bond donors (Lipinski definition) is 0. The Morgan fingerprint density at radius 1 is 0.500 bits per heavy atom. The van der Waals surface area contributed by atoms with Crippen LogP contribution >= 0.6 is 0 Å². The van der Waals surface area contributed by atoms with Crippen LogP contribution in [0, 0.1) is 16.2 Å². The summed E-state index contributed by atoms with van der Waals surface area (Å²) in [6, 6.07) is 0. The summed E-state index contributed by atoms with van der Waals surface area (Å²) in [6.45, 7) is 0. The Bertz CT molecular complexity index is 1270.